The van der Waals surface area contributed by atoms with Crippen LogP contribution in [0.4, 0.5) is 0 Å². The Labute approximate surface area is 165 Å². The van der Waals surface area contributed by atoms with Crippen LogP contribution in [0, 0.1) is 5.92 Å². The minimum Gasteiger partial charge on any atom is -0.385 e. The van der Waals surface area contributed by atoms with Crippen molar-refractivity contribution >= 4 is 22.8 Å². The Bertz CT molecular complexity index is 863. The molecule has 2 aliphatic rings. The van der Waals surface area contributed by atoms with Gasteiger partial charge >= 0.3 is 0 Å². The topological polar surface area (TPSA) is 85.7 Å². The normalized spacial score (nSPS) is 19.4. The van der Waals surface area contributed by atoms with Gasteiger partial charge in [-0.2, -0.15) is 14.8 Å². The van der Waals surface area contributed by atoms with E-state index in [1.54, 1.807) is 11.8 Å². The molecule has 1 saturated carbocycles. The summed E-state index contributed by atoms with van der Waals surface area (Å²) in [7, 11) is 1.73. The number of nitrogens with two attached hydrogens (primary N) is 1. The van der Waals surface area contributed by atoms with E-state index in [0.29, 0.717) is 5.92 Å². The first-order chi connectivity index (χ1) is 13.7. The van der Waals surface area contributed by atoms with Crippen molar-refractivity contribution in [2.45, 2.75) is 38.0 Å². The number of hydrogen-bond donors (Lipinski definition) is 1. The van der Waals surface area contributed by atoms with Crippen molar-refractivity contribution in [2.24, 2.45) is 16.6 Å². The van der Waals surface area contributed by atoms with E-state index in [1.165, 1.54) is 12.8 Å². The number of benzene rings is 1. The van der Waals surface area contributed by atoms with Crippen molar-refractivity contribution in [3.63, 3.8) is 0 Å². The molecular formula is C21H29N5O2. The van der Waals surface area contributed by atoms with Crippen molar-refractivity contribution in [1.82, 2.24) is 14.7 Å². The number of piperidine rings is 1. The number of likely N-dealkylation sites (tertiary alicyclic amines) is 1. The van der Waals surface area contributed by atoms with Crippen LogP contribution in [-0.4, -0.2) is 59.9 Å². The number of aromatic nitrogens is 2. The van der Waals surface area contributed by atoms with E-state index < -0.39 is 0 Å². The number of ether oxygens (including phenoxy) is 1. The molecule has 0 radical (unpaired) electrons. The zero-order chi connectivity index (χ0) is 19.5. The molecule has 1 aromatic heterocycles. The average molecular weight is 383 g/mol. The van der Waals surface area contributed by atoms with E-state index in [1.807, 2.05) is 18.2 Å². The van der Waals surface area contributed by atoms with Crippen LogP contribution in [0.1, 0.15) is 43.7 Å². The van der Waals surface area contributed by atoms with Gasteiger partial charge in [0.1, 0.15) is 0 Å². The molecule has 2 fully saturated rings. The Hall–Kier alpha value is -2.25. The molecule has 2 N–H and O–H groups in total. The maximum Gasteiger partial charge on any atom is 0.252 e. The molecule has 0 spiro atoms. The van der Waals surface area contributed by atoms with Gasteiger partial charge in [0.25, 0.3) is 5.91 Å². The van der Waals surface area contributed by atoms with Gasteiger partial charge in [0.15, 0.2) is 0 Å². The molecule has 4 rings (SSSR count). The van der Waals surface area contributed by atoms with Gasteiger partial charge in [-0.25, -0.2) is 0 Å². The Morgan fingerprint density at radius 3 is 2.71 bits per heavy atom. The summed E-state index contributed by atoms with van der Waals surface area (Å²) in [5, 5.41) is 5.80. The zero-order valence-corrected chi connectivity index (χ0v) is 16.5. The maximum atomic E-state index is 12.7. The van der Waals surface area contributed by atoms with Gasteiger partial charge in [0.05, 0.1) is 11.2 Å². The van der Waals surface area contributed by atoms with E-state index in [-0.39, 0.29) is 17.8 Å². The lowest BCUT2D eigenvalue weighted by atomic mass is 9.96. The number of methoxy groups -OCH3 is 1. The first kappa shape index (κ1) is 19.1. The molecule has 7 heteroatoms. The van der Waals surface area contributed by atoms with Crippen LogP contribution >= 0.6 is 0 Å². The van der Waals surface area contributed by atoms with E-state index >= 15 is 0 Å². The SMILES string of the molecule is COCCCN1CCC(C(=O)N=C(N)n2nc(C3CC3)c3ccccc32)CC1. The molecule has 0 atom stereocenters. The second-order valence-electron chi connectivity index (χ2n) is 7.86. The summed E-state index contributed by atoms with van der Waals surface area (Å²) < 4.78 is 6.75. The first-order valence-corrected chi connectivity index (χ1v) is 10.2. The van der Waals surface area contributed by atoms with Gasteiger partial charge in [0, 0.05) is 37.5 Å². The molecule has 0 bridgehead atoms. The van der Waals surface area contributed by atoms with Crippen LogP contribution in [0.5, 0.6) is 0 Å². The minimum absolute atomic E-state index is 0.0537. The van der Waals surface area contributed by atoms with Crippen LogP contribution in [0.2, 0.25) is 0 Å². The predicted molar refractivity (Wildman–Crippen MR) is 109 cm³/mol. The Morgan fingerprint density at radius 1 is 1.25 bits per heavy atom. The van der Waals surface area contributed by atoms with E-state index in [4.69, 9.17) is 15.6 Å². The lowest BCUT2D eigenvalue weighted by molar-refractivity contribution is -0.122. The molecule has 1 amide bonds. The lowest BCUT2D eigenvalue weighted by Gasteiger charge is -2.30. The number of aliphatic imine (C=N–C) groups is 1. The van der Waals surface area contributed by atoms with E-state index in [9.17, 15) is 4.79 Å². The van der Waals surface area contributed by atoms with E-state index in [2.05, 4.69) is 16.0 Å². The number of para-hydroxylation sites is 1. The highest BCUT2D eigenvalue weighted by atomic mass is 16.5. The van der Waals surface area contributed by atoms with Crippen molar-refractivity contribution in [3.05, 3.63) is 30.0 Å². The number of hydrogen-bond acceptors (Lipinski definition) is 4. The molecule has 2 heterocycles. The number of rotatable bonds is 6. The molecule has 150 valence electrons. The van der Waals surface area contributed by atoms with Crippen LogP contribution < -0.4 is 5.73 Å². The minimum atomic E-state index is -0.124. The van der Waals surface area contributed by atoms with E-state index in [0.717, 1.165) is 62.1 Å². The standard InChI is InChI=1S/C21H29N5O2/c1-28-14-4-11-25-12-9-16(10-13-25)20(27)23-21(22)26-18-6-3-2-5-17(18)19(24-26)15-7-8-15/h2-3,5-6,15-16H,4,7-14H2,1H3,(H2,22,23,27). The van der Waals surface area contributed by atoms with Gasteiger partial charge in [-0.05, 0) is 51.3 Å². The lowest BCUT2D eigenvalue weighted by Crippen LogP contribution is -2.37. The average Bonchev–Trinajstić information content (AvgIpc) is 3.48. The molecule has 0 unspecified atom stereocenters. The summed E-state index contributed by atoms with van der Waals surface area (Å²) in [6.45, 7) is 3.64. The molecule has 1 aromatic carbocycles. The maximum absolute atomic E-state index is 12.7. The third kappa shape index (κ3) is 4.10. The molecule has 1 aliphatic carbocycles. The Kier molecular flexibility index (Phi) is 5.73. The molecule has 28 heavy (non-hydrogen) atoms. The van der Waals surface area contributed by atoms with Crippen LogP contribution in [0.25, 0.3) is 10.9 Å². The second kappa shape index (κ2) is 8.41. The quantitative estimate of drug-likeness (QED) is 0.470. The van der Waals surface area contributed by atoms with Gasteiger partial charge in [-0.1, -0.05) is 18.2 Å². The number of carbonyl (C=O) groups is 1. The second-order valence-corrected chi connectivity index (χ2v) is 7.86. The Balaban J connectivity index is 1.43. The third-order valence-electron chi connectivity index (χ3n) is 5.78. The predicted octanol–water partition coefficient (Wildman–Crippen LogP) is 2.35. The zero-order valence-electron chi connectivity index (χ0n) is 16.5. The van der Waals surface area contributed by atoms with Gasteiger partial charge in [-0.3, -0.25) is 4.79 Å². The van der Waals surface area contributed by atoms with Gasteiger partial charge in [0.2, 0.25) is 5.96 Å². The summed E-state index contributed by atoms with van der Waals surface area (Å²) >= 11 is 0. The summed E-state index contributed by atoms with van der Waals surface area (Å²) in [4.78, 5) is 19.3. The number of nitrogens with zero attached hydrogens (tertiary/aromatic N) is 4. The molecule has 1 saturated heterocycles. The fraction of sp³-hybridized carbons (Fsp3) is 0.571. The summed E-state index contributed by atoms with van der Waals surface area (Å²) in [6.07, 6.45) is 5.02. The molecule has 2 aromatic rings. The van der Waals surface area contributed by atoms with Crippen LogP contribution in [0.3, 0.4) is 0 Å². The monoisotopic (exact) mass is 383 g/mol. The highest BCUT2D eigenvalue weighted by Crippen LogP contribution is 2.42. The summed E-state index contributed by atoms with van der Waals surface area (Å²) in [6, 6.07) is 8.03. The number of fused-ring (bicyclic) bond motifs is 1. The molecular weight excluding hydrogens is 354 g/mol. The highest BCUT2D eigenvalue weighted by Gasteiger charge is 2.30. The van der Waals surface area contributed by atoms with Crippen LogP contribution in [-0.2, 0) is 9.53 Å². The van der Waals surface area contributed by atoms with Gasteiger partial charge in [-0.15, -0.1) is 0 Å². The van der Waals surface area contributed by atoms with Crippen molar-refractivity contribution in [3.8, 4) is 0 Å². The Morgan fingerprint density at radius 2 is 2.00 bits per heavy atom. The largest absolute Gasteiger partial charge is 0.385 e. The van der Waals surface area contributed by atoms with Crippen molar-refractivity contribution < 1.29 is 9.53 Å². The number of amides is 1. The fourth-order valence-corrected chi connectivity index (χ4v) is 4.01. The summed E-state index contributed by atoms with van der Waals surface area (Å²) in [5.41, 5.74) is 8.21. The van der Waals surface area contributed by atoms with Crippen LogP contribution in [0.15, 0.2) is 29.3 Å². The van der Waals surface area contributed by atoms with Crippen molar-refractivity contribution in [2.75, 3.05) is 33.4 Å². The smallest absolute Gasteiger partial charge is 0.252 e. The number of carbonyl (C=O) groups excluding carboxylic acids is 1. The fourth-order valence-electron chi connectivity index (χ4n) is 4.01. The van der Waals surface area contributed by atoms with Gasteiger partial charge < -0.3 is 15.4 Å². The molecule has 1 aliphatic heterocycles. The van der Waals surface area contributed by atoms with Crippen molar-refractivity contribution in [1.29, 1.82) is 0 Å². The first-order valence-electron chi connectivity index (χ1n) is 10.2. The highest BCUT2D eigenvalue weighted by molar-refractivity contribution is 5.99. The molecule has 7 nitrogen and oxygen atoms in total. The summed E-state index contributed by atoms with van der Waals surface area (Å²) in [5.74, 6) is 0.510. The third-order valence-corrected chi connectivity index (χ3v) is 5.78.